The van der Waals surface area contributed by atoms with Crippen LogP contribution < -0.4 is 10.6 Å². The zero-order valence-corrected chi connectivity index (χ0v) is 28.1. The van der Waals surface area contributed by atoms with Crippen LogP contribution in [-0.4, -0.2) is 63.4 Å². The lowest BCUT2D eigenvalue weighted by atomic mass is 10.0. The summed E-state index contributed by atoms with van der Waals surface area (Å²) in [4.78, 5) is 27.0. The second-order valence-corrected chi connectivity index (χ2v) is 15.9. The Hall–Kier alpha value is -4.36. The summed E-state index contributed by atoms with van der Waals surface area (Å²) in [5.74, 6) is -0.823. The Morgan fingerprint density at radius 2 is 0.792 bits per heavy atom. The Kier molecular flexibility index (Phi) is 10.1. The average molecular weight is 687 g/mol. The minimum atomic E-state index is -3.62. The highest BCUT2D eigenvalue weighted by molar-refractivity contribution is 7.89. The summed E-state index contributed by atoms with van der Waals surface area (Å²) in [6.45, 7) is 2.00. The highest BCUT2D eigenvalue weighted by Crippen LogP contribution is 2.34. The minimum Gasteiger partial charge on any atom is -0.321 e. The number of hydrogen-bond acceptors (Lipinski definition) is 6. The first kappa shape index (κ1) is 33.5. The van der Waals surface area contributed by atoms with Gasteiger partial charge in [-0.05, 0) is 86.3 Å². The summed E-state index contributed by atoms with van der Waals surface area (Å²) < 4.78 is 55.2. The van der Waals surface area contributed by atoms with Gasteiger partial charge in [0, 0.05) is 59.8 Å². The zero-order chi connectivity index (χ0) is 33.7. The maximum Gasteiger partial charge on any atom is 0.255 e. The van der Waals surface area contributed by atoms with Gasteiger partial charge in [-0.2, -0.15) is 8.61 Å². The molecule has 48 heavy (non-hydrogen) atoms. The summed E-state index contributed by atoms with van der Waals surface area (Å²) in [5.41, 5.74) is 2.93. The van der Waals surface area contributed by atoms with E-state index in [2.05, 4.69) is 10.6 Å². The molecule has 2 aliphatic rings. The number of anilines is 2. The molecule has 0 aliphatic carbocycles. The lowest BCUT2D eigenvalue weighted by Crippen LogP contribution is -2.35. The van der Waals surface area contributed by atoms with Crippen LogP contribution in [0.2, 0.25) is 0 Å². The summed E-state index contributed by atoms with van der Waals surface area (Å²) in [5, 5.41) is 5.87. The van der Waals surface area contributed by atoms with E-state index in [1.807, 2.05) is 24.3 Å². The van der Waals surface area contributed by atoms with Crippen molar-refractivity contribution < 1.29 is 26.4 Å². The van der Waals surface area contributed by atoms with Crippen molar-refractivity contribution in [3.8, 4) is 11.1 Å². The molecule has 6 rings (SSSR count). The van der Waals surface area contributed by atoms with Crippen LogP contribution in [0.15, 0.2) is 107 Å². The topological polar surface area (TPSA) is 133 Å². The number of rotatable bonds is 9. The lowest BCUT2D eigenvalue weighted by molar-refractivity contribution is 0.101. The van der Waals surface area contributed by atoms with E-state index in [4.69, 9.17) is 0 Å². The third-order valence-electron chi connectivity index (χ3n) is 8.78. The van der Waals surface area contributed by atoms with Crippen molar-refractivity contribution in [3.63, 3.8) is 0 Å². The van der Waals surface area contributed by atoms with E-state index in [-0.39, 0.29) is 9.79 Å². The molecule has 0 spiro atoms. The van der Waals surface area contributed by atoms with E-state index in [0.717, 1.165) is 38.5 Å². The molecule has 2 heterocycles. The SMILES string of the molecule is O=C(Nc1ccccc1-c1ccccc1NC(=O)c1ccc(S(=O)(=O)N2CCCCC2)cc1)c1ccc(S(=O)(=O)N2CCCCC2)cc1. The number of piperidine rings is 2. The normalized spacial score (nSPS) is 16.2. The second kappa shape index (κ2) is 14.4. The molecule has 2 aliphatic heterocycles. The second-order valence-electron chi connectivity index (χ2n) is 12.0. The summed E-state index contributed by atoms with van der Waals surface area (Å²) in [6.07, 6.45) is 5.39. The van der Waals surface area contributed by atoms with Crippen LogP contribution in [0.4, 0.5) is 11.4 Å². The Balaban J connectivity index is 1.18. The van der Waals surface area contributed by atoms with Gasteiger partial charge in [0.05, 0.1) is 9.79 Å². The van der Waals surface area contributed by atoms with E-state index in [0.29, 0.717) is 59.8 Å². The molecular formula is C36H38N4O6S2. The van der Waals surface area contributed by atoms with Crippen molar-refractivity contribution in [3.05, 3.63) is 108 Å². The van der Waals surface area contributed by atoms with Gasteiger partial charge in [-0.1, -0.05) is 49.2 Å². The molecule has 10 nitrogen and oxygen atoms in total. The van der Waals surface area contributed by atoms with Gasteiger partial charge in [0.15, 0.2) is 0 Å². The Morgan fingerprint density at radius 3 is 1.15 bits per heavy atom. The van der Waals surface area contributed by atoms with Crippen molar-refractivity contribution in [2.24, 2.45) is 0 Å². The Bertz CT molecular complexity index is 1860. The molecule has 2 N–H and O–H groups in total. The molecule has 4 aromatic carbocycles. The fourth-order valence-electron chi connectivity index (χ4n) is 6.11. The minimum absolute atomic E-state index is 0.157. The van der Waals surface area contributed by atoms with Crippen molar-refractivity contribution in [2.45, 2.75) is 48.3 Å². The van der Waals surface area contributed by atoms with E-state index >= 15 is 0 Å². The highest BCUT2D eigenvalue weighted by Gasteiger charge is 2.27. The number of para-hydroxylation sites is 2. The first-order valence-electron chi connectivity index (χ1n) is 16.2. The van der Waals surface area contributed by atoms with Crippen LogP contribution in [0.5, 0.6) is 0 Å². The molecule has 0 radical (unpaired) electrons. The standard InChI is InChI=1S/C36H38N4O6S2/c41-35(27-15-19-29(20-16-27)47(43,44)39-23-7-1-8-24-39)37-33-13-5-3-11-31(33)32-12-4-6-14-34(32)38-36(42)28-17-21-30(22-18-28)48(45,46)40-25-9-2-10-26-40/h3-6,11-22H,1-2,7-10,23-26H2,(H,37,41)(H,38,42). The molecule has 0 aromatic heterocycles. The van der Waals surface area contributed by atoms with Crippen molar-refractivity contribution in [2.75, 3.05) is 36.8 Å². The molecule has 2 amide bonds. The highest BCUT2D eigenvalue weighted by atomic mass is 32.2. The number of hydrogen-bond donors (Lipinski definition) is 2. The van der Waals surface area contributed by atoms with E-state index in [1.54, 1.807) is 24.3 Å². The smallest absolute Gasteiger partial charge is 0.255 e. The number of sulfonamides is 2. The van der Waals surface area contributed by atoms with Gasteiger partial charge >= 0.3 is 0 Å². The van der Waals surface area contributed by atoms with Gasteiger partial charge in [0.25, 0.3) is 11.8 Å². The monoisotopic (exact) mass is 686 g/mol. The molecule has 0 bridgehead atoms. The van der Waals surface area contributed by atoms with Gasteiger partial charge in [-0.3, -0.25) is 9.59 Å². The summed E-state index contributed by atoms with van der Waals surface area (Å²) >= 11 is 0. The number of carbonyl (C=O) groups excluding carboxylic acids is 2. The van der Waals surface area contributed by atoms with Gasteiger partial charge in [-0.25, -0.2) is 16.8 Å². The van der Waals surface area contributed by atoms with E-state index in [9.17, 15) is 26.4 Å². The zero-order valence-electron chi connectivity index (χ0n) is 26.5. The molecule has 12 heteroatoms. The van der Waals surface area contributed by atoms with Gasteiger partial charge in [0.2, 0.25) is 20.0 Å². The van der Waals surface area contributed by atoms with Crippen LogP contribution in [0, 0.1) is 0 Å². The number of amides is 2. The largest absolute Gasteiger partial charge is 0.321 e. The third-order valence-corrected chi connectivity index (χ3v) is 12.6. The quantitative estimate of drug-likeness (QED) is 0.215. The van der Waals surface area contributed by atoms with Crippen LogP contribution in [0.1, 0.15) is 59.2 Å². The predicted molar refractivity (Wildman–Crippen MR) is 186 cm³/mol. The molecular weight excluding hydrogens is 649 g/mol. The van der Waals surface area contributed by atoms with E-state index in [1.165, 1.54) is 57.1 Å². The maximum absolute atomic E-state index is 13.3. The van der Waals surface area contributed by atoms with Gasteiger partial charge in [0.1, 0.15) is 0 Å². The molecule has 250 valence electrons. The number of nitrogens with zero attached hydrogens (tertiary/aromatic N) is 2. The summed E-state index contributed by atoms with van der Waals surface area (Å²) in [6, 6.07) is 26.3. The number of nitrogens with one attached hydrogen (secondary N) is 2. The lowest BCUT2D eigenvalue weighted by Gasteiger charge is -2.25. The molecule has 2 fully saturated rings. The molecule has 4 aromatic rings. The Labute approximate surface area is 281 Å². The number of carbonyl (C=O) groups is 2. The molecule has 0 saturated carbocycles. The fraction of sp³-hybridized carbons (Fsp3) is 0.278. The van der Waals surface area contributed by atoms with Crippen LogP contribution >= 0.6 is 0 Å². The predicted octanol–water partition coefficient (Wildman–Crippen LogP) is 6.21. The number of benzene rings is 4. The molecule has 2 saturated heterocycles. The summed E-state index contributed by atoms with van der Waals surface area (Å²) in [7, 11) is -7.23. The fourth-order valence-corrected chi connectivity index (χ4v) is 9.14. The van der Waals surface area contributed by atoms with E-state index < -0.39 is 31.9 Å². The first-order chi connectivity index (χ1) is 23.1. The van der Waals surface area contributed by atoms with Crippen LogP contribution in [0.3, 0.4) is 0 Å². The third kappa shape index (κ3) is 7.21. The van der Waals surface area contributed by atoms with Crippen LogP contribution in [-0.2, 0) is 20.0 Å². The van der Waals surface area contributed by atoms with Crippen molar-refractivity contribution in [1.82, 2.24) is 8.61 Å². The van der Waals surface area contributed by atoms with Gasteiger partial charge < -0.3 is 10.6 Å². The molecule has 0 unspecified atom stereocenters. The maximum atomic E-state index is 13.3. The molecule has 0 atom stereocenters. The van der Waals surface area contributed by atoms with Crippen LogP contribution in [0.25, 0.3) is 11.1 Å². The van der Waals surface area contributed by atoms with Crippen molar-refractivity contribution >= 4 is 43.2 Å². The Morgan fingerprint density at radius 1 is 0.458 bits per heavy atom. The average Bonchev–Trinajstić information content (AvgIpc) is 3.13. The first-order valence-corrected chi connectivity index (χ1v) is 19.0. The van der Waals surface area contributed by atoms with Gasteiger partial charge in [-0.15, -0.1) is 0 Å². The van der Waals surface area contributed by atoms with Crippen molar-refractivity contribution in [1.29, 1.82) is 0 Å².